The van der Waals surface area contributed by atoms with Gasteiger partial charge < -0.3 is 15.2 Å². The number of nitrogens with zero attached hydrogens (tertiary/aromatic N) is 1. The summed E-state index contributed by atoms with van der Waals surface area (Å²) < 4.78 is 19.5. The third-order valence-electron chi connectivity index (χ3n) is 4.45. The minimum absolute atomic E-state index is 0.00804. The number of benzene rings is 1. The molecule has 1 amide bonds. The number of fused-ring (bicyclic) bond motifs is 1. The van der Waals surface area contributed by atoms with E-state index in [-0.39, 0.29) is 35.4 Å². The molecule has 2 aliphatic heterocycles. The van der Waals surface area contributed by atoms with Crippen LogP contribution in [0.1, 0.15) is 23.2 Å². The van der Waals surface area contributed by atoms with E-state index in [1.54, 1.807) is 0 Å². The Balaban J connectivity index is 1.58. The third kappa shape index (κ3) is 3.83. The Kier molecular flexibility index (Phi) is 5.16. The quantitative estimate of drug-likeness (QED) is 0.869. The number of hydrogen-bond donors (Lipinski definition) is 2. The Morgan fingerprint density at radius 1 is 1.48 bits per heavy atom. The molecule has 0 radical (unpaired) electrons. The van der Waals surface area contributed by atoms with Crippen molar-refractivity contribution in [2.75, 3.05) is 26.3 Å². The van der Waals surface area contributed by atoms with Crippen molar-refractivity contribution in [3.63, 3.8) is 0 Å². The Labute approximate surface area is 139 Å². The maximum absolute atomic E-state index is 13.8. The van der Waals surface area contributed by atoms with Crippen LogP contribution < -0.4 is 5.32 Å². The molecule has 0 bridgehead atoms. The number of rotatable bonds is 4. The van der Waals surface area contributed by atoms with Crippen LogP contribution in [0.4, 0.5) is 4.39 Å². The lowest BCUT2D eigenvalue weighted by atomic mass is 10.1. The summed E-state index contributed by atoms with van der Waals surface area (Å²) in [5, 5.41) is 12.2. The zero-order valence-corrected chi connectivity index (χ0v) is 13.4. The van der Waals surface area contributed by atoms with Gasteiger partial charge in [-0.15, -0.1) is 0 Å². The fourth-order valence-corrected chi connectivity index (χ4v) is 3.46. The number of aliphatic hydroxyl groups excluding tert-OH is 1. The van der Waals surface area contributed by atoms with E-state index in [2.05, 4.69) is 10.2 Å². The highest BCUT2D eigenvalue weighted by molar-refractivity contribution is 6.30. The first-order valence-corrected chi connectivity index (χ1v) is 8.17. The average Bonchev–Trinajstić information content (AvgIpc) is 2.88. The molecule has 2 fully saturated rings. The fraction of sp³-hybridized carbons (Fsp3) is 0.562. The number of aliphatic hydroxyl groups is 1. The molecule has 126 valence electrons. The molecule has 3 rings (SSSR count). The van der Waals surface area contributed by atoms with E-state index in [1.165, 1.54) is 12.1 Å². The van der Waals surface area contributed by atoms with Crippen molar-refractivity contribution in [1.82, 2.24) is 10.2 Å². The van der Waals surface area contributed by atoms with Gasteiger partial charge in [-0.25, -0.2) is 4.39 Å². The smallest absolute Gasteiger partial charge is 0.254 e. The van der Waals surface area contributed by atoms with Gasteiger partial charge in [0.05, 0.1) is 18.3 Å². The van der Waals surface area contributed by atoms with E-state index < -0.39 is 11.7 Å². The van der Waals surface area contributed by atoms with Gasteiger partial charge in [0.1, 0.15) is 5.82 Å². The molecular weight excluding hydrogens is 323 g/mol. The van der Waals surface area contributed by atoms with Crippen LogP contribution in [0.15, 0.2) is 18.2 Å². The van der Waals surface area contributed by atoms with Crippen molar-refractivity contribution in [3.05, 3.63) is 34.6 Å². The molecule has 5 nitrogen and oxygen atoms in total. The van der Waals surface area contributed by atoms with Gasteiger partial charge in [0.15, 0.2) is 0 Å². The lowest BCUT2D eigenvalue weighted by molar-refractivity contribution is -0.0566. The lowest BCUT2D eigenvalue weighted by Gasteiger charge is -2.34. The van der Waals surface area contributed by atoms with Crippen molar-refractivity contribution in [2.45, 2.75) is 31.0 Å². The van der Waals surface area contributed by atoms with Crippen LogP contribution in [0.2, 0.25) is 5.02 Å². The predicted octanol–water partition coefficient (Wildman–Crippen LogP) is 1.43. The van der Waals surface area contributed by atoms with Gasteiger partial charge in [0.25, 0.3) is 5.91 Å². The maximum atomic E-state index is 13.8. The predicted molar refractivity (Wildman–Crippen MR) is 84.1 cm³/mol. The van der Waals surface area contributed by atoms with Crippen LogP contribution in [0.5, 0.6) is 0 Å². The number of carbonyl (C=O) groups excluding carboxylic acids is 1. The SMILES string of the molecule is O=C(N[C@@H]1C[C@H]2CO[C@@H](CCO)CN2C1)c1ccc(Cl)cc1F. The third-order valence-corrected chi connectivity index (χ3v) is 4.69. The first kappa shape index (κ1) is 16.6. The van der Waals surface area contributed by atoms with Crippen LogP contribution in [0.3, 0.4) is 0 Å². The van der Waals surface area contributed by atoms with E-state index in [9.17, 15) is 9.18 Å². The van der Waals surface area contributed by atoms with Crippen LogP contribution in [-0.2, 0) is 4.74 Å². The highest BCUT2D eigenvalue weighted by Crippen LogP contribution is 2.24. The molecule has 2 N–H and O–H groups in total. The summed E-state index contributed by atoms with van der Waals surface area (Å²) in [6.45, 7) is 2.19. The molecule has 0 spiro atoms. The summed E-state index contributed by atoms with van der Waals surface area (Å²) in [7, 11) is 0. The highest BCUT2D eigenvalue weighted by Gasteiger charge is 2.37. The van der Waals surface area contributed by atoms with Crippen molar-refractivity contribution in [1.29, 1.82) is 0 Å². The van der Waals surface area contributed by atoms with Crippen molar-refractivity contribution in [2.24, 2.45) is 0 Å². The number of nitrogens with one attached hydrogen (secondary N) is 1. The van der Waals surface area contributed by atoms with Crippen molar-refractivity contribution < 1.29 is 19.0 Å². The van der Waals surface area contributed by atoms with Crippen molar-refractivity contribution >= 4 is 17.5 Å². The largest absolute Gasteiger partial charge is 0.396 e. The van der Waals surface area contributed by atoms with Crippen molar-refractivity contribution in [3.8, 4) is 0 Å². The summed E-state index contributed by atoms with van der Waals surface area (Å²) in [6, 6.07) is 4.28. The summed E-state index contributed by atoms with van der Waals surface area (Å²) in [6.07, 6.45) is 1.45. The number of hydrogen-bond acceptors (Lipinski definition) is 4. The van der Waals surface area contributed by atoms with E-state index in [0.29, 0.717) is 13.0 Å². The molecule has 0 unspecified atom stereocenters. The zero-order chi connectivity index (χ0) is 16.4. The Morgan fingerprint density at radius 3 is 3.04 bits per heavy atom. The molecule has 2 saturated heterocycles. The highest BCUT2D eigenvalue weighted by atomic mass is 35.5. The molecule has 7 heteroatoms. The molecule has 1 aromatic rings. The minimum atomic E-state index is -0.614. The fourth-order valence-electron chi connectivity index (χ4n) is 3.30. The van der Waals surface area contributed by atoms with Crippen LogP contribution in [0.25, 0.3) is 0 Å². The van der Waals surface area contributed by atoms with Gasteiger partial charge in [0, 0.05) is 36.8 Å². The van der Waals surface area contributed by atoms with Crippen LogP contribution in [-0.4, -0.2) is 60.4 Å². The molecule has 2 aliphatic rings. The maximum Gasteiger partial charge on any atom is 0.254 e. The zero-order valence-electron chi connectivity index (χ0n) is 12.7. The first-order chi connectivity index (χ1) is 11.1. The van der Waals surface area contributed by atoms with E-state index in [1.807, 2.05) is 0 Å². The molecular formula is C16H20ClFN2O3. The molecule has 2 heterocycles. The van der Waals surface area contributed by atoms with Gasteiger partial charge in [-0.3, -0.25) is 9.69 Å². The molecule has 23 heavy (non-hydrogen) atoms. The first-order valence-electron chi connectivity index (χ1n) is 7.79. The Bertz CT molecular complexity index is 586. The van der Waals surface area contributed by atoms with E-state index in [0.717, 1.165) is 25.6 Å². The van der Waals surface area contributed by atoms with E-state index >= 15 is 0 Å². The molecule has 0 aromatic heterocycles. The average molecular weight is 343 g/mol. The summed E-state index contributed by atoms with van der Waals surface area (Å²) in [4.78, 5) is 14.5. The van der Waals surface area contributed by atoms with Gasteiger partial charge in [0.2, 0.25) is 0 Å². The molecule has 1 aromatic carbocycles. The van der Waals surface area contributed by atoms with E-state index in [4.69, 9.17) is 21.4 Å². The van der Waals surface area contributed by atoms with Gasteiger partial charge in [-0.05, 0) is 31.0 Å². The number of amides is 1. The summed E-state index contributed by atoms with van der Waals surface area (Å²) in [5.74, 6) is -1.03. The molecule has 0 aliphatic carbocycles. The van der Waals surface area contributed by atoms with Crippen LogP contribution in [0, 0.1) is 5.82 Å². The summed E-state index contributed by atoms with van der Waals surface area (Å²) >= 11 is 5.70. The number of carbonyl (C=O) groups is 1. The van der Waals surface area contributed by atoms with Gasteiger partial charge >= 0.3 is 0 Å². The Hall–Kier alpha value is -1.21. The normalized spacial score (nSPS) is 27.7. The monoisotopic (exact) mass is 342 g/mol. The minimum Gasteiger partial charge on any atom is -0.396 e. The second-order valence-electron chi connectivity index (χ2n) is 6.11. The lowest BCUT2D eigenvalue weighted by Crippen LogP contribution is -2.46. The number of morpholine rings is 1. The number of ether oxygens (including phenoxy) is 1. The molecule has 0 saturated carbocycles. The summed E-state index contributed by atoms with van der Waals surface area (Å²) in [5.41, 5.74) is 0.00804. The van der Waals surface area contributed by atoms with Gasteiger partial charge in [-0.2, -0.15) is 0 Å². The standard InChI is InChI=1S/C16H20ClFN2O3/c17-10-1-2-14(15(18)5-10)16(22)19-11-6-12-9-23-13(3-4-21)8-20(12)7-11/h1-2,5,11-13,21H,3-4,6-9H2,(H,19,22)/t11-,12+,13+/m1/s1. The number of halogens is 2. The topological polar surface area (TPSA) is 61.8 Å². The Morgan fingerprint density at radius 2 is 2.30 bits per heavy atom. The molecule has 3 atom stereocenters. The van der Waals surface area contributed by atoms with Crippen LogP contribution >= 0.6 is 11.6 Å². The second kappa shape index (κ2) is 7.13. The van der Waals surface area contributed by atoms with Gasteiger partial charge in [-0.1, -0.05) is 11.6 Å². The second-order valence-corrected chi connectivity index (χ2v) is 6.54.